The minimum atomic E-state index is 0.0180. The average molecular weight is 368 g/mol. The number of carbonyl (C=O) groups is 1. The van der Waals surface area contributed by atoms with Gasteiger partial charge in [0.05, 0.1) is 19.8 Å². The molecule has 27 heavy (non-hydrogen) atoms. The van der Waals surface area contributed by atoms with Gasteiger partial charge in [-0.1, -0.05) is 42.5 Å². The van der Waals surface area contributed by atoms with Gasteiger partial charge in [0.2, 0.25) is 5.91 Å². The first kappa shape index (κ1) is 19.2. The second-order valence-electron chi connectivity index (χ2n) is 6.88. The highest BCUT2D eigenvalue weighted by Crippen LogP contribution is 2.33. The number of ether oxygens (including phenoxy) is 2. The molecule has 0 unspecified atom stereocenters. The van der Waals surface area contributed by atoms with E-state index in [1.165, 1.54) is 0 Å². The molecule has 1 amide bonds. The largest absolute Gasteiger partial charge is 0.493 e. The Morgan fingerprint density at radius 3 is 2.81 bits per heavy atom. The molecule has 0 saturated carbocycles. The van der Waals surface area contributed by atoms with Crippen molar-refractivity contribution in [3.63, 3.8) is 0 Å². The summed E-state index contributed by atoms with van der Waals surface area (Å²) < 4.78 is 11.3. The number of para-hydroxylation sites is 1. The number of nitrogens with one attached hydrogen (secondary N) is 1. The highest BCUT2D eigenvalue weighted by atomic mass is 16.5. The molecule has 1 heterocycles. The van der Waals surface area contributed by atoms with Crippen molar-refractivity contribution in [1.29, 1.82) is 0 Å². The second-order valence-corrected chi connectivity index (χ2v) is 6.88. The monoisotopic (exact) mass is 368 g/mol. The Bertz CT molecular complexity index is 748. The molecule has 1 aliphatic heterocycles. The van der Waals surface area contributed by atoms with E-state index in [4.69, 9.17) is 9.47 Å². The fourth-order valence-electron chi connectivity index (χ4n) is 3.38. The average Bonchev–Trinajstić information content (AvgIpc) is 2.67. The number of benzene rings is 2. The van der Waals surface area contributed by atoms with Gasteiger partial charge in [0.1, 0.15) is 0 Å². The van der Waals surface area contributed by atoms with Crippen LogP contribution in [0.25, 0.3) is 0 Å². The lowest BCUT2D eigenvalue weighted by atomic mass is 10.1. The van der Waals surface area contributed by atoms with Gasteiger partial charge < -0.3 is 14.8 Å². The molecule has 2 aromatic rings. The van der Waals surface area contributed by atoms with E-state index in [-0.39, 0.29) is 11.9 Å². The number of nitrogens with zero attached hydrogens (tertiary/aromatic N) is 1. The Balaban J connectivity index is 1.56. The Morgan fingerprint density at radius 1 is 1.22 bits per heavy atom. The molecular weight excluding hydrogens is 340 g/mol. The van der Waals surface area contributed by atoms with Crippen molar-refractivity contribution >= 4 is 5.91 Å². The summed E-state index contributed by atoms with van der Waals surface area (Å²) >= 11 is 0. The fraction of sp³-hybridized carbons (Fsp3) is 0.409. The lowest BCUT2D eigenvalue weighted by Gasteiger charge is -2.27. The molecule has 0 fully saturated rings. The summed E-state index contributed by atoms with van der Waals surface area (Å²) in [6.07, 6.45) is 1.41. The molecule has 144 valence electrons. The van der Waals surface area contributed by atoms with Crippen molar-refractivity contribution < 1.29 is 14.3 Å². The maximum Gasteiger partial charge on any atom is 0.221 e. The molecular formula is C22H28N2O3. The molecule has 2 aromatic carbocycles. The summed E-state index contributed by atoms with van der Waals surface area (Å²) in [6.45, 7) is 5.07. The first-order valence-corrected chi connectivity index (χ1v) is 9.52. The third-order valence-corrected chi connectivity index (χ3v) is 4.87. The number of hydrogen-bond donors (Lipinski definition) is 1. The lowest BCUT2D eigenvalue weighted by Crippen LogP contribution is -2.33. The first-order chi connectivity index (χ1) is 13.2. The summed E-state index contributed by atoms with van der Waals surface area (Å²) in [5, 5.41) is 3.09. The van der Waals surface area contributed by atoms with Crippen molar-refractivity contribution in [3.05, 3.63) is 59.7 Å². The van der Waals surface area contributed by atoms with E-state index in [1.807, 2.05) is 49.4 Å². The zero-order chi connectivity index (χ0) is 19.1. The highest BCUT2D eigenvalue weighted by Gasteiger charge is 2.18. The molecule has 0 aromatic heterocycles. The van der Waals surface area contributed by atoms with Crippen molar-refractivity contribution in [2.24, 2.45) is 0 Å². The van der Waals surface area contributed by atoms with E-state index in [0.717, 1.165) is 48.7 Å². The molecule has 0 radical (unpaired) electrons. The van der Waals surface area contributed by atoms with Crippen LogP contribution in [0.2, 0.25) is 0 Å². The summed E-state index contributed by atoms with van der Waals surface area (Å²) in [4.78, 5) is 14.7. The molecule has 5 heteroatoms. The standard InChI is InChI=1S/C22H28N2O3/c1-17(18-8-4-3-5-9-18)23-21(25)12-14-24-13-7-15-27-22-19(16-24)10-6-11-20(22)26-2/h3-6,8-11,17H,7,12-16H2,1-2H3,(H,23,25)/t17-/m1/s1. The van der Waals surface area contributed by atoms with E-state index in [2.05, 4.69) is 16.3 Å². The van der Waals surface area contributed by atoms with Gasteiger partial charge in [0.15, 0.2) is 11.5 Å². The van der Waals surface area contributed by atoms with Crippen molar-refractivity contribution in [2.45, 2.75) is 32.4 Å². The van der Waals surface area contributed by atoms with Crippen LogP contribution >= 0.6 is 0 Å². The third-order valence-electron chi connectivity index (χ3n) is 4.87. The maximum atomic E-state index is 12.4. The molecule has 5 nitrogen and oxygen atoms in total. The van der Waals surface area contributed by atoms with Gasteiger partial charge in [-0.2, -0.15) is 0 Å². The van der Waals surface area contributed by atoms with Crippen LogP contribution in [0.5, 0.6) is 11.5 Å². The normalized spacial score (nSPS) is 15.6. The Labute approximate surface area is 161 Å². The number of fused-ring (bicyclic) bond motifs is 1. The van der Waals surface area contributed by atoms with E-state index in [1.54, 1.807) is 7.11 Å². The molecule has 1 aliphatic rings. The molecule has 0 spiro atoms. The predicted molar refractivity (Wildman–Crippen MR) is 106 cm³/mol. The number of carbonyl (C=O) groups excluding carboxylic acids is 1. The quantitative estimate of drug-likeness (QED) is 0.847. The summed E-state index contributed by atoms with van der Waals surface area (Å²) in [6, 6.07) is 16.0. The van der Waals surface area contributed by atoms with Gasteiger partial charge in [-0.05, 0) is 25.0 Å². The van der Waals surface area contributed by atoms with E-state index in [9.17, 15) is 4.79 Å². The fourth-order valence-corrected chi connectivity index (χ4v) is 3.38. The third kappa shape index (κ3) is 5.23. The summed E-state index contributed by atoms with van der Waals surface area (Å²) in [7, 11) is 1.66. The van der Waals surface area contributed by atoms with Crippen LogP contribution in [0.3, 0.4) is 0 Å². The van der Waals surface area contributed by atoms with E-state index >= 15 is 0 Å². The summed E-state index contributed by atoms with van der Waals surface area (Å²) in [5.74, 6) is 1.67. The molecule has 1 atom stereocenters. The number of amides is 1. The predicted octanol–water partition coefficient (Wildman–Crippen LogP) is 3.55. The molecule has 0 bridgehead atoms. The molecule has 0 saturated heterocycles. The van der Waals surface area contributed by atoms with E-state index in [0.29, 0.717) is 13.0 Å². The first-order valence-electron chi connectivity index (χ1n) is 9.52. The van der Waals surface area contributed by atoms with Crippen LogP contribution in [0.4, 0.5) is 0 Å². The van der Waals surface area contributed by atoms with Crippen LogP contribution in [0.1, 0.15) is 36.9 Å². The Hall–Kier alpha value is -2.53. The van der Waals surface area contributed by atoms with Crippen LogP contribution < -0.4 is 14.8 Å². The number of hydrogen-bond acceptors (Lipinski definition) is 4. The highest BCUT2D eigenvalue weighted by molar-refractivity contribution is 5.76. The van der Waals surface area contributed by atoms with E-state index < -0.39 is 0 Å². The molecule has 3 rings (SSSR count). The van der Waals surface area contributed by atoms with Gasteiger partial charge in [0, 0.05) is 31.6 Å². The van der Waals surface area contributed by atoms with Gasteiger partial charge in [0.25, 0.3) is 0 Å². The minimum Gasteiger partial charge on any atom is -0.493 e. The van der Waals surface area contributed by atoms with Crippen LogP contribution in [0.15, 0.2) is 48.5 Å². The van der Waals surface area contributed by atoms with Crippen molar-refractivity contribution in [1.82, 2.24) is 10.2 Å². The van der Waals surface area contributed by atoms with Crippen molar-refractivity contribution in [3.8, 4) is 11.5 Å². The zero-order valence-electron chi connectivity index (χ0n) is 16.1. The van der Waals surface area contributed by atoms with Gasteiger partial charge in [-0.3, -0.25) is 9.69 Å². The SMILES string of the molecule is COc1cccc2c1OCCCN(CCC(=O)N[C@H](C)c1ccccc1)C2. The smallest absolute Gasteiger partial charge is 0.221 e. The minimum absolute atomic E-state index is 0.0180. The Morgan fingerprint density at radius 2 is 2.04 bits per heavy atom. The van der Waals surface area contributed by atoms with Gasteiger partial charge in [-0.15, -0.1) is 0 Å². The lowest BCUT2D eigenvalue weighted by molar-refractivity contribution is -0.122. The van der Waals surface area contributed by atoms with Crippen molar-refractivity contribution in [2.75, 3.05) is 26.8 Å². The zero-order valence-corrected chi connectivity index (χ0v) is 16.1. The Kier molecular flexibility index (Phi) is 6.71. The topological polar surface area (TPSA) is 50.8 Å². The van der Waals surface area contributed by atoms with Crippen LogP contribution in [-0.2, 0) is 11.3 Å². The second kappa shape index (κ2) is 9.42. The molecule has 1 N–H and O–H groups in total. The summed E-state index contributed by atoms with van der Waals surface area (Å²) in [5.41, 5.74) is 2.22. The molecule has 0 aliphatic carbocycles. The van der Waals surface area contributed by atoms with Gasteiger partial charge in [-0.25, -0.2) is 0 Å². The number of methoxy groups -OCH3 is 1. The van der Waals surface area contributed by atoms with Crippen LogP contribution in [-0.4, -0.2) is 37.6 Å². The number of rotatable bonds is 6. The van der Waals surface area contributed by atoms with Gasteiger partial charge >= 0.3 is 0 Å². The maximum absolute atomic E-state index is 12.4. The van der Waals surface area contributed by atoms with Crippen LogP contribution in [0, 0.1) is 0 Å².